The number of aryl methyl sites for hydroxylation is 2. The maximum Gasteiger partial charge on any atom is 0.294 e. The Morgan fingerprint density at radius 3 is 2.10 bits per heavy atom. The highest BCUT2D eigenvalue weighted by Crippen LogP contribution is 2.18. The molecule has 0 bridgehead atoms. The predicted octanol–water partition coefficient (Wildman–Crippen LogP) is 4.92. The molecular weight excluding hydrogens is 284 g/mol. The summed E-state index contributed by atoms with van der Waals surface area (Å²) in [6.07, 6.45) is 11.0. The van der Waals surface area contributed by atoms with E-state index in [1.54, 1.807) is 12.1 Å². The van der Waals surface area contributed by atoms with E-state index in [1.807, 2.05) is 6.92 Å². The molecule has 1 N–H and O–H groups in total. The third-order valence-corrected chi connectivity index (χ3v) is 4.77. The maximum atomic E-state index is 11.2. The molecule has 21 heavy (non-hydrogen) atoms. The minimum atomic E-state index is -4.09. The second-order valence-electron chi connectivity index (χ2n) is 5.79. The van der Waals surface area contributed by atoms with Crippen LogP contribution in [0.1, 0.15) is 69.4 Å². The summed E-state index contributed by atoms with van der Waals surface area (Å²) in [6, 6.07) is 4.83. The smallest absolute Gasteiger partial charge is 0.282 e. The molecule has 0 aliphatic carbocycles. The lowest BCUT2D eigenvalue weighted by molar-refractivity contribution is 0.483. The third-order valence-electron chi connectivity index (χ3n) is 3.92. The third kappa shape index (κ3) is 7.09. The number of hydrogen-bond acceptors (Lipinski definition) is 2. The molecular formula is C17H28O3S. The number of benzene rings is 1. The molecule has 0 heterocycles. The summed E-state index contributed by atoms with van der Waals surface area (Å²) in [6.45, 7) is 4.21. The summed E-state index contributed by atoms with van der Waals surface area (Å²) in [4.78, 5) is 0.00247. The molecule has 1 aromatic carbocycles. The Hall–Kier alpha value is -0.870. The van der Waals surface area contributed by atoms with E-state index in [0.29, 0.717) is 0 Å². The van der Waals surface area contributed by atoms with Crippen molar-refractivity contribution < 1.29 is 13.0 Å². The first kappa shape index (κ1) is 18.2. The summed E-state index contributed by atoms with van der Waals surface area (Å²) in [5, 5.41) is 0. The van der Waals surface area contributed by atoms with Crippen molar-refractivity contribution in [2.75, 3.05) is 0 Å². The molecule has 1 rings (SSSR count). The zero-order chi connectivity index (χ0) is 15.7. The van der Waals surface area contributed by atoms with E-state index in [9.17, 15) is 8.42 Å². The van der Waals surface area contributed by atoms with E-state index in [-0.39, 0.29) is 4.90 Å². The number of rotatable bonds is 10. The average Bonchev–Trinajstić information content (AvgIpc) is 2.42. The van der Waals surface area contributed by atoms with Crippen molar-refractivity contribution in [3.63, 3.8) is 0 Å². The lowest BCUT2D eigenvalue weighted by Gasteiger charge is -2.08. The quantitative estimate of drug-likeness (QED) is 0.492. The van der Waals surface area contributed by atoms with E-state index in [0.717, 1.165) is 24.0 Å². The van der Waals surface area contributed by atoms with Gasteiger partial charge in [0.05, 0.1) is 4.90 Å². The first-order valence-electron chi connectivity index (χ1n) is 8.02. The summed E-state index contributed by atoms with van der Waals surface area (Å²) < 4.78 is 31.4. The molecule has 0 fully saturated rings. The molecule has 4 heteroatoms. The second-order valence-corrected chi connectivity index (χ2v) is 7.21. The normalized spacial score (nSPS) is 11.8. The van der Waals surface area contributed by atoms with Gasteiger partial charge in [-0.25, -0.2) is 0 Å². The van der Waals surface area contributed by atoms with E-state index in [2.05, 4.69) is 6.92 Å². The van der Waals surface area contributed by atoms with Gasteiger partial charge in [-0.2, -0.15) is 8.42 Å². The molecule has 0 aromatic heterocycles. The van der Waals surface area contributed by atoms with E-state index < -0.39 is 10.1 Å². The molecule has 3 nitrogen and oxygen atoms in total. The highest BCUT2D eigenvalue weighted by Gasteiger charge is 2.11. The van der Waals surface area contributed by atoms with E-state index >= 15 is 0 Å². The summed E-state index contributed by atoms with van der Waals surface area (Å²) >= 11 is 0. The molecule has 0 aliphatic rings. The van der Waals surface area contributed by atoms with Crippen molar-refractivity contribution in [2.45, 2.75) is 76.5 Å². The Labute approximate surface area is 129 Å². The van der Waals surface area contributed by atoms with Gasteiger partial charge in [-0.3, -0.25) is 4.55 Å². The van der Waals surface area contributed by atoms with Crippen molar-refractivity contribution in [3.05, 3.63) is 29.3 Å². The number of unbranched alkanes of at least 4 members (excludes halogenated alkanes) is 7. The summed E-state index contributed by atoms with van der Waals surface area (Å²) in [5.41, 5.74) is 2.11. The van der Waals surface area contributed by atoms with Gasteiger partial charge in [0, 0.05) is 0 Å². The Bertz CT molecular complexity index is 521. The molecule has 0 spiro atoms. The van der Waals surface area contributed by atoms with Gasteiger partial charge in [-0.05, 0) is 43.0 Å². The van der Waals surface area contributed by atoms with Gasteiger partial charge in [-0.1, -0.05) is 57.9 Å². The maximum absolute atomic E-state index is 11.2. The zero-order valence-electron chi connectivity index (χ0n) is 13.3. The second kappa shape index (κ2) is 9.21. The van der Waals surface area contributed by atoms with Gasteiger partial charge in [-0.15, -0.1) is 0 Å². The van der Waals surface area contributed by atoms with Crippen LogP contribution in [0.15, 0.2) is 23.1 Å². The Morgan fingerprint density at radius 2 is 1.52 bits per heavy atom. The van der Waals surface area contributed by atoms with E-state index in [1.165, 1.54) is 51.0 Å². The fourth-order valence-corrected chi connectivity index (χ4v) is 3.06. The monoisotopic (exact) mass is 312 g/mol. The van der Waals surface area contributed by atoms with Crippen molar-refractivity contribution in [3.8, 4) is 0 Å². The largest absolute Gasteiger partial charge is 0.294 e. The minimum Gasteiger partial charge on any atom is -0.282 e. The Morgan fingerprint density at radius 1 is 0.952 bits per heavy atom. The predicted molar refractivity (Wildman–Crippen MR) is 87.3 cm³/mol. The number of hydrogen-bond donors (Lipinski definition) is 1. The van der Waals surface area contributed by atoms with Crippen LogP contribution in [0.3, 0.4) is 0 Å². The minimum absolute atomic E-state index is 0.00247. The highest BCUT2D eigenvalue weighted by atomic mass is 32.2. The van der Waals surface area contributed by atoms with Gasteiger partial charge < -0.3 is 0 Å². The molecule has 0 unspecified atom stereocenters. The Kier molecular flexibility index (Phi) is 7.97. The van der Waals surface area contributed by atoms with Gasteiger partial charge in [0.1, 0.15) is 0 Å². The van der Waals surface area contributed by atoms with Crippen LogP contribution in [0.5, 0.6) is 0 Å². The standard InChI is InChI=1S/C17H28O3S/c1-3-4-5-6-7-8-9-10-11-16-14-17(21(18,19)20)13-12-15(16)2/h12-14H,3-11H2,1-2H3,(H,18,19,20). The molecule has 0 atom stereocenters. The zero-order valence-corrected chi connectivity index (χ0v) is 14.1. The van der Waals surface area contributed by atoms with Crippen LogP contribution in [0.2, 0.25) is 0 Å². The van der Waals surface area contributed by atoms with Gasteiger partial charge in [0.25, 0.3) is 10.1 Å². The van der Waals surface area contributed by atoms with Gasteiger partial charge in [0.2, 0.25) is 0 Å². The summed E-state index contributed by atoms with van der Waals surface area (Å²) in [7, 11) is -4.09. The lowest BCUT2D eigenvalue weighted by atomic mass is 10.0. The van der Waals surface area contributed by atoms with Crippen LogP contribution >= 0.6 is 0 Å². The first-order chi connectivity index (χ1) is 9.95. The molecule has 0 saturated carbocycles. The fourth-order valence-electron chi connectivity index (χ4n) is 2.53. The van der Waals surface area contributed by atoms with Crippen LogP contribution in [-0.2, 0) is 16.5 Å². The molecule has 1 aromatic rings. The first-order valence-corrected chi connectivity index (χ1v) is 9.46. The molecule has 0 radical (unpaired) electrons. The topological polar surface area (TPSA) is 54.4 Å². The molecule has 0 aliphatic heterocycles. The molecule has 0 amide bonds. The van der Waals surface area contributed by atoms with Crippen LogP contribution < -0.4 is 0 Å². The van der Waals surface area contributed by atoms with E-state index in [4.69, 9.17) is 4.55 Å². The van der Waals surface area contributed by atoms with Crippen molar-refractivity contribution >= 4 is 10.1 Å². The molecule has 0 saturated heterocycles. The summed E-state index contributed by atoms with van der Waals surface area (Å²) in [5.74, 6) is 0. The lowest BCUT2D eigenvalue weighted by Crippen LogP contribution is -2.00. The van der Waals surface area contributed by atoms with Crippen LogP contribution in [0.4, 0.5) is 0 Å². The van der Waals surface area contributed by atoms with Crippen LogP contribution in [0, 0.1) is 6.92 Å². The molecule has 120 valence electrons. The van der Waals surface area contributed by atoms with Gasteiger partial charge >= 0.3 is 0 Å². The van der Waals surface area contributed by atoms with Gasteiger partial charge in [0.15, 0.2) is 0 Å². The highest BCUT2D eigenvalue weighted by molar-refractivity contribution is 7.85. The fraction of sp³-hybridized carbons (Fsp3) is 0.647. The van der Waals surface area contributed by atoms with Crippen molar-refractivity contribution in [1.82, 2.24) is 0 Å². The van der Waals surface area contributed by atoms with Crippen molar-refractivity contribution in [2.24, 2.45) is 0 Å². The SMILES string of the molecule is CCCCCCCCCCc1cc(S(=O)(=O)O)ccc1C. The van der Waals surface area contributed by atoms with Crippen LogP contribution in [-0.4, -0.2) is 13.0 Å². The average molecular weight is 312 g/mol. The van der Waals surface area contributed by atoms with Crippen molar-refractivity contribution in [1.29, 1.82) is 0 Å². The Balaban J connectivity index is 2.35. The van der Waals surface area contributed by atoms with Crippen LogP contribution in [0.25, 0.3) is 0 Å².